The van der Waals surface area contributed by atoms with Gasteiger partial charge in [0.15, 0.2) is 0 Å². The number of amides is 7. The van der Waals surface area contributed by atoms with Gasteiger partial charge in [0.25, 0.3) is 0 Å². The number of nitrogens with one attached hydrogen (secondary N) is 6. The molecule has 58 heavy (non-hydrogen) atoms. The average molecular weight is 821 g/mol. The van der Waals surface area contributed by atoms with Gasteiger partial charge in [-0.3, -0.25) is 33.6 Å². The minimum absolute atomic E-state index is 0.000584. The van der Waals surface area contributed by atoms with Crippen LogP contribution in [0.1, 0.15) is 85.6 Å². The maximum absolute atomic E-state index is 13.5. The van der Waals surface area contributed by atoms with Gasteiger partial charge in [0, 0.05) is 6.54 Å². The molecule has 0 aliphatic carbocycles. The molecule has 1 aromatic carbocycles. The van der Waals surface area contributed by atoms with E-state index in [0.29, 0.717) is 12.8 Å². The Hall–Kier alpha value is -5.79. The molecule has 12 N–H and O–H groups in total. The fourth-order valence-electron chi connectivity index (χ4n) is 5.45. The molecule has 324 valence electrons. The molecule has 20 heteroatoms. The van der Waals surface area contributed by atoms with Crippen LogP contribution in [0.3, 0.4) is 0 Å². The van der Waals surface area contributed by atoms with E-state index in [1.54, 1.807) is 41.5 Å². The number of alkyl carbamates (subject to hydrolysis) is 1. The number of aliphatic carboxylic acids is 2. The van der Waals surface area contributed by atoms with Gasteiger partial charge < -0.3 is 58.3 Å². The molecule has 1 rings (SSSR count). The van der Waals surface area contributed by atoms with Crippen LogP contribution in [0, 0.1) is 17.8 Å². The number of carbonyl (C=O) groups is 9. The number of hydrogen-bond donors (Lipinski definition) is 10. The smallest absolute Gasteiger partial charge is 0.407 e. The topological polar surface area (TPSA) is 328 Å². The number of unbranched alkanes of at least 4 members (excludes halogenated alkanes) is 1. The predicted molar refractivity (Wildman–Crippen MR) is 209 cm³/mol. The molecule has 7 amide bonds. The first-order valence-electron chi connectivity index (χ1n) is 19.1. The van der Waals surface area contributed by atoms with Gasteiger partial charge >= 0.3 is 18.0 Å². The van der Waals surface area contributed by atoms with Crippen molar-refractivity contribution < 1.29 is 58.1 Å². The van der Waals surface area contributed by atoms with Crippen molar-refractivity contribution in [2.75, 3.05) is 6.54 Å². The van der Waals surface area contributed by atoms with Gasteiger partial charge in [-0.15, -0.1) is 0 Å². The summed E-state index contributed by atoms with van der Waals surface area (Å²) in [6.45, 7) is 10.3. The lowest BCUT2D eigenvalue weighted by molar-refractivity contribution is -0.144. The summed E-state index contributed by atoms with van der Waals surface area (Å²) in [5.74, 6) is -9.87. The summed E-state index contributed by atoms with van der Waals surface area (Å²) in [5.41, 5.74) is 12.3. The molecule has 0 fully saturated rings. The van der Waals surface area contributed by atoms with E-state index in [2.05, 4.69) is 31.9 Å². The molecule has 0 saturated carbocycles. The number of nitrogens with two attached hydrogens (primary N) is 2. The zero-order chi connectivity index (χ0) is 44.1. The fourth-order valence-corrected chi connectivity index (χ4v) is 5.45. The average Bonchev–Trinajstić information content (AvgIpc) is 3.13. The van der Waals surface area contributed by atoms with Crippen LogP contribution in [0.15, 0.2) is 30.3 Å². The number of benzene rings is 1. The van der Waals surface area contributed by atoms with E-state index >= 15 is 0 Å². The highest BCUT2D eigenvalue weighted by Crippen LogP contribution is 2.10. The van der Waals surface area contributed by atoms with Crippen molar-refractivity contribution in [3.8, 4) is 0 Å². The lowest BCUT2D eigenvalue weighted by atomic mass is 9.98. The zero-order valence-corrected chi connectivity index (χ0v) is 33.9. The Morgan fingerprint density at radius 1 is 0.655 bits per heavy atom. The highest BCUT2D eigenvalue weighted by Gasteiger charge is 2.35. The second-order valence-electron chi connectivity index (χ2n) is 15.0. The second kappa shape index (κ2) is 25.5. The van der Waals surface area contributed by atoms with Crippen LogP contribution in [0.4, 0.5) is 4.79 Å². The van der Waals surface area contributed by atoms with E-state index in [0.717, 1.165) is 5.56 Å². The van der Waals surface area contributed by atoms with Crippen LogP contribution in [0.25, 0.3) is 0 Å². The van der Waals surface area contributed by atoms with Crippen molar-refractivity contribution >= 4 is 53.5 Å². The normalized spacial score (nSPS) is 14.2. The van der Waals surface area contributed by atoms with E-state index in [9.17, 15) is 53.4 Å². The first-order valence-corrected chi connectivity index (χ1v) is 19.1. The summed E-state index contributed by atoms with van der Waals surface area (Å²) in [4.78, 5) is 113. The van der Waals surface area contributed by atoms with Gasteiger partial charge in [0.05, 0.1) is 18.9 Å². The Kier molecular flexibility index (Phi) is 22.0. The molecule has 0 aliphatic heterocycles. The van der Waals surface area contributed by atoms with Gasteiger partial charge in [0.2, 0.25) is 35.4 Å². The third-order valence-electron chi connectivity index (χ3n) is 8.63. The Labute approximate surface area is 337 Å². The van der Waals surface area contributed by atoms with Crippen LogP contribution in [-0.2, 0) is 49.7 Å². The summed E-state index contributed by atoms with van der Waals surface area (Å²) in [5, 5.41) is 33.4. The Morgan fingerprint density at radius 2 is 1.16 bits per heavy atom. The number of primary amides is 1. The van der Waals surface area contributed by atoms with Crippen molar-refractivity contribution in [1.29, 1.82) is 0 Å². The molecular weight excluding hydrogens is 760 g/mol. The minimum atomic E-state index is -1.81. The van der Waals surface area contributed by atoms with Crippen molar-refractivity contribution in [3.63, 3.8) is 0 Å². The number of carboxylic acids is 2. The Morgan fingerprint density at radius 3 is 1.66 bits per heavy atom. The Bertz CT molecular complexity index is 1570. The molecule has 0 bridgehead atoms. The first kappa shape index (κ1) is 50.2. The molecule has 0 spiro atoms. The van der Waals surface area contributed by atoms with E-state index in [-0.39, 0.29) is 31.9 Å². The number of rotatable bonds is 26. The van der Waals surface area contributed by atoms with Crippen LogP contribution in [0.2, 0.25) is 0 Å². The maximum Gasteiger partial charge on any atom is 0.407 e. The fraction of sp³-hybridized carbons (Fsp3) is 0.605. The summed E-state index contributed by atoms with van der Waals surface area (Å²) in [6, 6.07) is 0.718. The molecule has 0 aromatic heterocycles. The van der Waals surface area contributed by atoms with Crippen molar-refractivity contribution in [2.45, 2.75) is 123 Å². The number of ether oxygens (including phenoxy) is 1. The molecule has 6 atom stereocenters. The van der Waals surface area contributed by atoms with Gasteiger partial charge in [-0.25, -0.2) is 9.59 Å². The van der Waals surface area contributed by atoms with Crippen LogP contribution >= 0.6 is 0 Å². The van der Waals surface area contributed by atoms with Gasteiger partial charge in [-0.1, -0.05) is 71.9 Å². The molecular formula is C38H60N8O12. The van der Waals surface area contributed by atoms with Crippen LogP contribution in [0.5, 0.6) is 0 Å². The second-order valence-corrected chi connectivity index (χ2v) is 15.0. The van der Waals surface area contributed by atoms with Crippen molar-refractivity contribution in [2.24, 2.45) is 29.2 Å². The maximum atomic E-state index is 13.5. The monoisotopic (exact) mass is 820 g/mol. The number of hydrogen-bond acceptors (Lipinski definition) is 11. The van der Waals surface area contributed by atoms with Crippen LogP contribution in [-0.4, -0.2) is 106 Å². The van der Waals surface area contributed by atoms with E-state index in [1.165, 1.54) is 0 Å². The quantitative estimate of drug-likeness (QED) is 0.0534. The predicted octanol–water partition coefficient (Wildman–Crippen LogP) is -0.373. The molecule has 0 saturated heterocycles. The third kappa shape index (κ3) is 19.4. The summed E-state index contributed by atoms with van der Waals surface area (Å²) >= 11 is 0. The SMILES string of the molecule is CC(C)C[C@H](NC(=O)[C@H](CC(=O)O)NC(=O)[C@H](CC(N)=O)NC(=O)[C@@H](NC(=O)[C@@H](NC(=O)[C@@H](N)CCCCNC(=O)OCc1ccccc1)C(C)C)C(C)C)C(=O)O. The molecule has 0 unspecified atom stereocenters. The molecule has 0 aliphatic rings. The number of carbonyl (C=O) groups excluding carboxylic acids is 7. The number of carboxylic acid groups (broad SMARTS) is 2. The summed E-state index contributed by atoms with van der Waals surface area (Å²) in [7, 11) is 0. The highest BCUT2D eigenvalue weighted by molar-refractivity contribution is 5.98. The lowest BCUT2D eigenvalue weighted by Crippen LogP contribution is -2.61. The standard InChI is InChI=1S/C38H60N8O12/c1-20(2)16-27(37(55)56)44-34(52)26(18-29(48)49)42-33(51)25(17-28(40)47)43-35(53)30(21(3)4)46-36(54)31(22(5)6)45-32(50)24(39)14-10-11-15-41-38(57)58-19-23-12-8-7-9-13-23/h7-9,12-13,20-22,24-27,30-31H,10-11,14-19,39H2,1-6H3,(H2,40,47)(H,41,57)(H,42,51)(H,43,53)(H,44,52)(H,45,50)(H,46,54)(H,48,49)(H,55,56)/t24-,25-,26-,27-,30-,31-/m0/s1. The zero-order valence-electron chi connectivity index (χ0n) is 33.9. The van der Waals surface area contributed by atoms with Gasteiger partial charge in [-0.2, -0.15) is 0 Å². The van der Waals surface area contributed by atoms with Gasteiger partial charge in [-0.05, 0) is 49.0 Å². The summed E-state index contributed by atoms with van der Waals surface area (Å²) in [6.07, 6.45) is -1.16. The molecule has 20 nitrogen and oxygen atoms in total. The largest absolute Gasteiger partial charge is 0.481 e. The molecule has 0 heterocycles. The summed E-state index contributed by atoms with van der Waals surface area (Å²) < 4.78 is 5.16. The molecule has 1 aromatic rings. The van der Waals surface area contributed by atoms with Crippen molar-refractivity contribution in [3.05, 3.63) is 35.9 Å². The van der Waals surface area contributed by atoms with E-state index < -0.39 is 114 Å². The molecule has 0 radical (unpaired) electrons. The van der Waals surface area contributed by atoms with Gasteiger partial charge in [0.1, 0.15) is 36.8 Å². The Balaban J connectivity index is 2.91. The van der Waals surface area contributed by atoms with Crippen LogP contribution < -0.4 is 43.4 Å². The third-order valence-corrected chi connectivity index (χ3v) is 8.63. The van der Waals surface area contributed by atoms with E-state index in [1.807, 2.05) is 30.3 Å². The highest BCUT2D eigenvalue weighted by atomic mass is 16.5. The van der Waals surface area contributed by atoms with E-state index in [4.69, 9.17) is 16.2 Å². The first-order chi connectivity index (χ1) is 27.1. The minimum Gasteiger partial charge on any atom is -0.481 e. The lowest BCUT2D eigenvalue weighted by Gasteiger charge is -2.29. The van der Waals surface area contributed by atoms with Crippen molar-refractivity contribution in [1.82, 2.24) is 31.9 Å².